The third kappa shape index (κ3) is 6.00. The number of carbonyl (C=O) groups excluding carboxylic acids is 4. The van der Waals surface area contributed by atoms with E-state index in [0.29, 0.717) is 38.5 Å². The number of carbonyl (C=O) groups is 4. The van der Waals surface area contributed by atoms with Crippen molar-refractivity contribution >= 4 is 43.9 Å². The Balaban J connectivity index is 2.25. The topological polar surface area (TPSA) is 105 Å². The summed E-state index contributed by atoms with van der Waals surface area (Å²) in [5, 5.41) is 0. The molecule has 23 heavy (non-hydrogen) atoms. The molecule has 2 rings (SSSR count). The molecule has 0 saturated carbocycles. The molecule has 8 nitrogen and oxygen atoms in total. The van der Waals surface area contributed by atoms with Gasteiger partial charge in [0.15, 0.2) is 0 Å². The zero-order valence-corrected chi connectivity index (χ0v) is 15.7. The second-order valence-electron chi connectivity index (χ2n) is 5.52. The van der Waals surface area contributed by atoms with E-state index in [0.717, 1.165) is 0 Å². The molecule has 2 saturated heterocycles. The first-order valence-electron chi connectivity index (χ1n) is 7.86. The Kier molecular flexibility index (Phi) is 6.67. The van der Waals surface area contributed by atoms with E-state index in [1.54, 1.807) is 0 Å². The summed E-state index contributed by atoms with van der Waals surface area (Å²) in [6.45, 7) is 0. The Labute approximate surface area is 139 Å². The molecule has 0 aromatic rings. The molecule has 0 radical (unpaired) electrons. The van der Waals surface area contributed by atoms with Crippen LogP contribution in [0.4, 0.5) is 0 Å². The summed E-state index contributed by atoms with van der Waals surface area (Å²) in [5.41, 5.74) is 0. The minimum atomic E-state index is -5.39. The molecule has 0 atom stereocenters. The van der Waals surface area contributed by atoms with E-state index in [2.05, 4.69) is 0 Å². The van der Waals surface area contributed by atoms with Crippen molar-refractivity contribution < 1.29 is 31.5 Å². The van der Waals surface area contributed by atoms with Gasteiger partial charge in [0.1, 0.15) is 0 Å². The molecule has 0 unspecified atom stereocenters. The van der Waals surface area contributed by atoms with E-state index in [1.165, 1.54) is 0 Å². The fourth-order valence-corrected chi connectivity index (χ4v) is 7.38. The van der Waals surface area contributed by atoms with Crippen molar-refractivity contribution in [2.45, 2.75) is 64.2 Å². The maximum atomic E-state index is 11.9. The van der Waals surface area contributed by atoms with Crippen LogP contribution < -0.4 is 0 Å². The third-order valence-corrected chi connectivity index (χ3v) is 8.93. The molecule has 2 aliphatic rings. The van der Waals surface area contributed by atoms with Crippen molar-refractivity contribution in [2.24, 2.45) is 0 Å². The Morgan fingerprint density at radius 2 is 0.739 bits per heavy atom. The fraction of sp³-hybridized carbons (Fsp3) is 0.714. The predicted octanol–water partition coefficient (Wildman–Crippen LogP) is 1.52. The van der Waals surface area contributed by atoms with Crippen LogP contribution in [0.15, 0.2) is 0 Å². The van der Waals surface area contributed by atoms with Crippen molar-refractivity contribution in [1.29, 1.82) is 0 Å². The molecule has 9 heteroatoms. The molecule has 1 spiro atoms. The van der Waals surface area contributed by atoms with E-state index in [-0.39, 0.29) is 25.7 Å². The number of hydrogen-bond donors (Lipinski definition) is 0. The molecule has 128 valence electrons. The zero-order chi connectivity index (χ0) is 16.7. The molecule has 0 amide bonds. The molecular formula is C14H20O8Sn. The van der Waals surface area contributed by atoms with E-state index < -0.39 is 43.9 Å². The second kappa shape index (κ2) is 8.51. The number of hydrogen-bond acceptors (Lipinski definition) is 8. The Bertz CT molecular complexity index is 402. The van der Waals surface area contributed by atoms with Crippen LogP contribution in [-0.4, -0.2) is 43.9 Å². The first-order chi connectivity index (χ1) is 11.0. The molecule has 0 aliphatic carbocycles. The normalized spacial score (nSPS) is 24.0. The van der Waals surface area contributed by atoms with Crippen molar-refractivity contribution in [1.82, 2.24) is 0 Å². The van der Waals surface area contributed by atoms with Gasteiger partial charge in [-0.25, -0.2) is 0 Å². The van der Waals surface area contributed by atoms with Crippen LogP contribution >= 0.6 is 0 Å². The van der Waals surface area contributed by atoms with Gasteiger partial charge in [0, 0.05) is 0 Å². The van der Waals surface area contributed by atoms with Crippen LogP contribution in [0.5, 0.6) is 0 Å². The summed E-state index contributed by atoms with van der Waals surface area (Å²) in [4.78, 5) is 47.6. The molecular weight excluding hydrogens is 415 g/mol. The quantitative estimate of drug-likeness (QED) is 0.528. The molecule has 0 aromatic carbocycles. The predicted molar refractivity (Wildman–Crippen MR) is 76.3 cm³/mol. The molecule has 0 bridgehead atoms. The van der Waals surface area contributed by atoms with Crippen molar-refractivity contribution in [2.75, 3.05) is 0 Å². The van der Waals surface area contributed by atoms with Gasteiger partial charge in [0.05, 0.1) is 0 Å². The second-order valence-corrected chi connectivity index (χ2v) is 10.7. The first-order valence-corrected chi connectivity index (χ1v) is 12.5. The van der Waals surface area contributed by atoms with Gasteiger partial charge >= 0.3 is 140 Å². The Morgan fingerprint density at radius 1 is 0.478 bits per heavy atom. The van der Waals surface area contributed by atoms with Crippen LogP contribution in [0, 0.1) is 0 Å². The van der Waals surface area contributed by atoms with Crippen LogP contribution in [0.1, 0.15) is 64.2 Å². The average Bonchev–Trinajstić information content (AvgIpc) is 2.45. The standard InChI is InChI=1S/2C7H12O4.Sn/c2*8-6(9)4-2-1-3-5-7(10)11;/h2*1-5H2,(H,8,9)(H,10,11);/q;;+4/p-4. The summed E-state index contributed by atoms with van der Waals surface area (Å²) in [6, 6.07) is 0. The van der Waals surface area contributed by atoms with E-state index in [9.17, 15) is 19.2 Å². The average molecular weight is 435 g/mol. The molecule has 2 aliphatic heterocycles. The van der Waals surface area contributed by atoms with Gasteiger partial charge in [-0.15, -0.1) is 0 Å². The first kappa shape index (κ1) is 18.0. The van der Waals surface area contributed by atoms with Crippen molar-refractivity contribution in [3.63, 3.8) is 0 Å². The van der Waals surface area contributed by atoms with Crippen LogP contribution in [0.3, 0.4) is 0 Å². The molecule has 2 fully saturated rings. The van der Waals surface area contributed by atoms with E-state index in [1.807, 2.05) is 0 Å². The third-order valence-electron chi connectivity index (χ3n) is 3.48. The minimum absolute atomic E-state index is 0.103. The van der Waals surface area contributed by atoms with Crippen LogP contribution in [-0.2, 0) is 31.5 Å². The molecule has 0 aromatic heterocycles. The van der Waals surface area contributed by atoms with E-state index >= 15 is 0 Å². The van der Waals surface area contributed by atoms with Gasteiger partial charge < -0.3 is 0 Å². The summed E-state index contributed by atoms with van der Waals surface area (Å²) < 4.78 is 20.6. The van der Waals surface area contributed by atoms with E-state index in [4.69, 9.17) is 12.3 Å². The Morgan fingerprint density at radius 3 is 1.00 bits per heavy atom. The summed E-state index contributed by atoms with van der Waals surface area (Å²) in [7, 11) is 0. The van der Waals surface area contributed by atoms with Crippen LogP contribution in [0.25, 0.3) is 0 Å². The molecule has 0 N–H and O–H groups in total. The van der Waals surface area contributed by atoms with Gasteiger partial charge in [-0.2, -0.15) is 0 Å². The Hall–Kier alpha value is -1.32. The van der Waals surface area contributed by atoms with Crippen molar-refractivity contribution in [3.05, 3.63) is 0 Å². The monoisotopic (exact) mass is 436 g/mol. The SMILES string of the molecule is O=C1CCCCCC(=O)[O][Sn]2([O]1)[O]C(=O)CCCCCC(=O)[O]2. The summed E-state index contributed by atoms with van der Waals surface area (Å²) in [6.07, 6.45) is 3.99. The van der Waals surface area contributed by atoms with Gasteiger partial charge in [-0.05, 0) is 0 Å². The number of rotatable bonds is 0. The van der Waals surface area contributed by atoms with Gasteiger partial charge in [0.25, 0.3) is 0 Å². The van der Waals surface area contributed by atoms with Gasteiger partial charge in [-0.3, -0.25) is 0 Å². The van der Waals surface area contributed by atoms with Crippen molar-refractivity contribution in [3.8, 4) is 0 Å². The van der Waals surface area contributed by atoms with Gasteiger partial charge in [-0.1, -0.05) is 0 Å². The fourth-order valence-electron chi connectivity index (χ4n) is 2.32. The summed E-state index contributed by atoms with van der Waals surface area (Å²) >= 11 is -5.39. The van der Waals surface area contributed by atoms with Gasteiger partial charge in [0.2, 0.25) is 0 Å². The maximum absolute atomic E-state index is 11.9. The zero-order valence-electron chi connectivity index (χ0n) is 12.8. The molecule has 2 heterocycles. The van der Waals surface area contributed by atoms with Crippen LogP contribution in [0.2, 0.25) is 0 Å². The summed E-state index contributed by atoms with van der Waals surface area (Å²) in [5.74, 6) is -2.69.